The van der Waals surface area contributed by atoms with Crippen LogP contribution in [-0.2, 0) is 17.1 Å². The van der Waals surface area contributed by atoms with Crippen molar-refractivity contribution in [1.82, 2.24) is 9.78 Å². The molecule has 9 heteroatoms. The van der Waals surface area contributed by atoms with Gasteiger partial charge in [0.25, 0.3) is 10.0 Å². The normalized spacial score (nSPS) is 12.0. The maximum Gasteiger partial charge on any atom is 0.266 e. The summed E-state index contributed by atoms with van der Waals surface area (Å²) in [6.07, 6.45) is 0. The average Bonchev–Trinajstić information content (AvgIpc) is 3.10. The van der Waals surface area contributed by atoms with Gasteiger partial charge in [-0.05, 0) is 19.1 Å². The van der Waals surface area contributed by atoms with E-state index in [0.717, 1.165) is 10.8 Å². The first-order valence-electron chi connectivity index (χ1n) is 8.03. The standard InChI is InChI=1S/C18H16ClN3O4S/c1-10-17(18(19)22(2)20-10)27(23,24)21-13-9-15-12(8-16(13)25-3)11-6-4-5-7-14(11)26-15/h4-9,21H,1-3H3. The molecule has 0 bridgehead atoms. The fourth-order valence-corrected chi connectivity index (χ4v) is 4.93. The van der Waals surface area contributed by atoms with Crippen LogP contribution in [0.15, 0.2) is 45.7 Å². The molecule has 2 aromatic heterocycles. The number of ether oxygens (including phenoxy) is 1. The fraction of sp³-hybridized carbons (Fsp3) is 0.167. The number of benzene rings is 2. The summed E-state index contributed by atoms with van der Waals surface area (Å²) in [5.41, 5.74) is 1.81. The van der Waals surface area contributed by atoms with Gasteiger partial charge in [0.05, 0.1) is 18.5 Å². The van der Waals surface area contributed by atoms with E-state index in [1.807, 2.05) is 24.3 Å². The second-order valence-corrected chi connectivity index (χ2v) is 8.06. The predicted octanol–water partition coefficient (Wildman–Crippen LogP) is 4.09. The summed E-state index contributed by atoms with van der Waals surface area (Å²) < 4.78 is 40.9. The Morgan fingerprint density at radius 2 is 1.93 bits per heavy atom. The minimum absolute atomic E-state index is 0.0313. The Bertz CT molecular complexity index is 1290. The largest absolute Gasteiger partial charge is 0.495 e. The summed E-state index contributed by atoms with van der Waals surface area (Å²) in [6.45, 7) is 1.58. The number of aromatic nitrogens is 2. The van der Waals surface area contributed by atoms with E-state index in [1.54, 1.807) is 26.1 Å². The lowest BCUT2D eigenvalue weighted by atomic mass is 10.1. The van der Waals surface area contributed by atoms with Crippen molar-refractivity contribution in [3.8, 4) is 5.75 Å². The number of aryl methyl sites for hydroxylation is 2. The van der Waals surface area contributed by atoms with Gasteiger partial charge >= 0.3 is 0 Å². The lowest BCUT2D eigenvalue weighted by molar-refractivity contribution is 0.417. The molecule has 0 saturated carbocycles. The molecule has 4 aromatic rings. The van der Waals surface area contributed by atoms with Gasteiger partial charge in [-0.15, -0.1) is 0 Å². The maximum absolute atomic E-state index is 12.9. The molecular formula is C18H16ClN3O4S. The van der Waals surface area contributed by atoms with Crippen LogP contribution in [0.5, 0.6) is 5.75 Å². The van der Waals surface area contributed by atoms with Gasteiger partial charge < -0.3 is 9.15 Å². The number of nitrogens with one attached hydrogen (secondary N) is 1. The number of methoxy groups -OCH3 is 1. The van der Waals surface area contributed by atoms with Gasteiger partial charge in [0.1, 0.15) is 27.0 Å². The van der Waals surface area contributed by atoms with Crippen LogP contribution < -0.4 is 9.46 Å². The number of sulfonamides is 1. The van der Waals surface area contributed by atoms with Gasteiger partial charge in [-0.2, -0.15) is 5.10 Å². The molecule has 0 saturated heterocycles. The zero-order valence-electron chi connectivity index (χ0n) is 14.8. The summed E-state index contributed by atoms with van der Waals surface area (Å²) in [5, 5.41) is 5.84. The highest BCUT2D eigenvalue weighted by atomic mass is 35.5. The highest BCUT2D eigenvalue weighted by Crippen LogP contribution is 2.37. The molecule has 0 aliphatic rings. The Hall–Kier alpha value is -2.71. The third-order valence-corrected chi connectivity index (χ3v) is 6.37. The van der Waals surface area contributed by atoms with Gasteiger partial charge in [0.2, 0.25) is 0 Å². The molecule has 2 aromatic carbocycles. The summed E-state index contributed by atoms with van der Waals surface area (Å²) in [6, 6.07) is 10.9. The van der Waals surface area contributed by atoms with Crippen molar-refractivity contribution in [2.45, 2.75) is 11.8 Å². The number of hydrogen-bond acceptors (Lipinski definition) is 5. The Labute approximate surface area is 160 Å². The van der Waals surface area contributed by atoms with Crippen molar-refractivity contribution < 1.29 is 17.6 Å². The van der Waals surface area contributed by atoms with Crippen molar-refractivity contribution in [3.63, 3.8) is 0 Å². The van der Waals surface area contributed by atoms with E-state index in [0.29, 0.717) is 22.6 Å². The van der Waals surface area contributed by atoms with Crippen LogP contribution >= 0.6 is 11.6 Å². The lowest BCUT2D eigenvalue weighted by Gasteiger charge is -2.12. The van der Waals surface area contributed by atoms with Gasteiger partial charge in [-0.3, -0.25) is 9.40 Å². The van der Waals surface area contributed by atoms with E-state index in [2.05, 4.69) is 9.82 Å². The molecule has 0 aliphatic heterocycles. The SMILES string of the molecule is COc1cc2c(cc1NS(=O)(=O)c1c(C)nn(C)c1Cl)oc1ccccc12. The number of hydrogen-bond donors (Lipinski definition) is 1. The number of halogens is 1. The molecule has 4 rings (SSSR count). The van der Waals surface area contributed by atoms with E-state index in [-0.39, 0.29) is 15.7 Å². The molecule has 0 unspecified atom stereocenters. The van der Waals surface area contributed by atoms with Crippen molar-refractivity contribution >= 4 is 49.3 Å². The Morgan fingerprint density at radius 1 is 1.19 bits per heavy atom. The van der Waals surface area contributed by atoms with Gasteiger partial charge in [-0.25, -0.2) is 8.42 Å². The molecule has 0 spiro atoms. The molecule has 2 heterocycles. The van der Waals surface area contributed by atoms with Crippen LogP contribution in [0.25, 0.3) is 21.9 Å². The van der Waals surface area contributed by atoms with E-state index >= 15 is 0 Å². The molecule has 0 atom stereocenters. The van der Waals surface area contributed by atoms with E-state index in [1.165, 1.54) is 11.8 Å². The Morgan fingerprint density at radius 3 is 2.59 bits per heavy atom. The zero-order valence-corrected chi connectivity index (χ0v) is 16.4. The summed E-state index contributed by atoms with van der Waals surface area (Å²) >= 11 is 6.12. The first kappa shape index (κ1) is 17.7. The van der Waals surface area contributed by atoms with Crippen molar-refractivity contribution in [1.29, 1.82) is 0 Å². The lowest BCUT2D eigenvalue weighted by Crippen LogP contribution is -2.14. The first-order chi connectivity index (χ1) is 12.8. The molecule has 0 amide bonds. The van der Waals surface area contributed by atoms with Crippen LogP contribution in [0.2, 0.25) is 5.15 Å². The number of rotatable bonds is 4. The number of nitrogens with zero attached hydrogens (tertiary/aromatic N) is 2. The predicted molar refractivity (Wildman–Crippen MR) is 104 cm³/mol. The molecular weight excluding hydrogens is 390 g/mol. The molecule has 0 fully saturated rings. The fourth-order valence-electron chi connectivity index (χ4n) is 3.11. The average molecular weight is 406 g/mol. The zero-order chi connectivity index (χ0) is 19.3. The molecule has 140 valence electrons. The number of fused-ring (bicyclic) bond motifs is 3. The monoisotopic (exact) mass is 405 g/mol. The van der Waals surface area contributed by atoms with Crippen LogP contribution in [0.3, 0.4) is 0 Å². The minimum atomic E-state index is -3.97. The molecule has 1 N–H and O–H groups in total. The molecule has 0 radical (unpaired) electrons. The minimum Gasteiger partial charge on any atom is -0.495 e. The van der Waals surface area contributed by atoms with E-state index in [9.17, 15) is 8.42 Å². The van der Waals surface area contributed by atoms with Gasteiger partial charge in [0, 0.05) is 23.9 Å². The first-order valence-corrected chi connectivity index (χ1v) is 9.89. The maximum atomic E-state index is 12.9. The van der Waals surface area contributed by atoms with Crippen LogP contribution in [-0.4, -0.2) is 25.3 Å². The van der Waals surface area contributed by atoms with Crippen molar-refractivity contribution in [2.24, 2.45) is 7.05 Å². The highest BCUT2D eigenvalue weighted by molar-refractivity contribution is 7.92. The number of anilines is 1. The van der Waals surface area contributed by atoms with E-state index < -0.39 is 10.0 Å². The summed E-state index contributed by atoms with van der Waals surface area (Å²) in [7, 11) is -0.918. The van der Waals surface area contributed by atoms with Crippen LogP contribution in [0.4, 0.5) is 5.69 Å². The highest BCUT2D eigenvalue weighted by Gasteiger charge is 2.26. The Kier molecular flexibility index (Phi) is 4.05. The summed E-state index contributed by atoms with van der Waals surface area (Å²) in [4.78, 5) is -0.0709. The molecule has 7 nitrogen and oxygen atoms in total. The van der Waals surface area contributed by atoms with E-state index in [4.69, 9.17) is 20.8 Å². The second kappa shape index (κ2) is 6.17. The smallest absolute Gasteiger partial charge is 0.266 e. The third-order valence-electron chi connectivity index (χ3n) is 4.31. The number of furan rings is 1. The quantitative estimate of drug-likeness (QED) is 0.552. The number of para-hydroxylation sites is 1. The molecule has 27 heavy (non-hydrogen) atoms. The Balaban J connectivity index is 1.87. The summed E-state index contributed by atoms with van der Waals surface area (Å²) in [5.74, 6) is 0.371. The van der Waals surface area contributed by atoms with Crippen molar-refractivity contribution in [2.75, 3.05) is 11.8 Å². The van der Waals surface area contributed by atoms with Gasteiger partial charge in [-0.1, -0.05) is 29.8 Å². The topological polar surface area (TPSA) is 86.4 Å². The third kappa shape index (κ3) is 2.81. The van der Waals surface area contributed by atoms with Crippen LogP contribution in [0, 0.1) is 6.92 Å². The second-order valence-electron chi connectivity index (χ2n) is 6.08. The van der Waals surface area contributed by atoms with Crippen LogP contribution in [0.1, 0.15) is 5.69 Å². The van der Waals surface area contributed by atoms with Crippen molar-refractivity contribution in [3.05, 3.63) is 47.2 Å². The molecule has 0 aliphatic carbocycles. The van der Waals surface area contributed by atoms with Gasteiger partial charge in [0.15, 0.2) is 0 Å².